The van der Waals surface area contributed by atoms with E-state index < -0.39 is 6.10 Å². The smallest absolute Gasteiger partial charge is 0.139 e. The lowest BCUT2D eigenvalue weighted by molar-refractivity contribution is 0.272. The summed E-state index contributed by atoms with van der Waals surface area (Å²) >= 11 is 0. The number of allylic oxidation sites excluding steroid dienone is 2. The minimum atomic E-state index is -0.763. The van der Waals surface area contributed by atoms with Crippen molar-refractivity contribution in [1.82, 2.24) is 0 Å². The highest BCUT2D eigenvalue weighted by molar-refractivity contribution is 5.28. The normalized spacial score (nSPS) is 15.2. The van der Waals surface area contributed by atoms with E-state index in [4.69, 9.17) is 11.5 Å². The highest BCUT2D eigenvalue weighted by Crippen LogP contribution is 2.02. The number of rotatable bonds is 2. The minimum absolute atomic E-state index is 0.763. The lowest BCUT2D eigenvalue weighted by atomic mass is 10.1. The molecule has 0 aromatic carbocycles. The fourth-order valence-electron chi connectivity index (χ4n) is 0.634. The predicted molar refractivity (Wildman–Crippen MR) is 43.4 cm³/mol. The topological polar surface area (TPSA) is 20.2 Å². The zero-order valence-electron chi connectivity index (χ0n) is 6.33. The number of terminal acetylenes is 1. The Labute approximate surface area is 62.1 Å². The predicted octanol–water partition coefficient (Wildman–Crippen LogP) is 1.50. The minimum Gasteiger partial charge on any atom is -0.376 e. The van der Waals surface area contributed by atoms with Crippen molar-refractivity contribution in [2.24, 2.45) is 0 Å². The molecule has 0 spiro atoms. The SMILES string of the molecule is C#CC(O)C(/C=C\C)=C/C. The molecule has 0 amide bonds. The summed E-state index contributed by atoms with van der Waals surface area (Å²) < 4.78 is 0. The van der Waals surface area contributed by atoms with Gasteiger partial charge in [-0.2, -0.15) is 0 Å². The van der Waals surface area contributed by atoms with Crippen molar-refractivity contribution in [2.75, 3.05) is 0 Å². The molecule has 1 nitrogen and oxygen atoms in total. The molecule has 1 heteroatoms. The zero-order chi connectivity index (χ0) is 7.98. The Morgan fingerprint density at radius 2 is 2.20 bits per heavy atom. The largest absolute Gasteiger partial charge is 0.376 e. The van der Waals surface area contributed by atoms with Gasteiger partial charge in [0, 0.05) is 0 Å². The molecule has 0 bridgehead atoms. The second-order valence-corrected chi connectivity index (χ2v) is 1.86. The van der Waals surface area contributed by atoms with Crippen LogP contribution >= 0.6 is 0 Å². The van der Waals surface area contributed by atoms with Crippen LogP contribution in [0.2, 0.25) is 0 Å². The van der Waals surface area contributed by atoms with Crippen molar-refractivity contribution in [3.63, 3.8) is 0 Å². The van der Waals surface area contributed by atoms with Crippen LogP contribution in [-0.2, 0) is 0 Å². The first kappa shape index (κ1) is 9.00. The van der Waals surface area contributed by atoms with Crippen LogP contribution in [0.25, 0.3) is 0 Å². The maximum Gasteiger partial charge on any atom is 0.139 e. The van der Waals surface area contributed by atoms with E-state index in [1.54, 1.807) is 12.2 Å². The van der Waals surface area contributed by atoms with E-state index in [2.05, 4.69) is 5.92 Å². The third-order valence-corrected chi connectivity index (χ3v) is 1.17. The molecule has 0 saturated carbocycles. The molecular formula is C9H12O. The molecule has 0 aliphatic rings. The van der Waals surface area contributed by atoms with E-state index >= 15 is 0 Å². The molecule has 1 atom stereocenters. The Morgan fingerprint density at radius 3 is 2.50 bits per heavy atom. The van der Waals surface area contributed by atoms with Crippen LogP contribution < -0.4 is 0 Å². The van der Waals surface area contributed by atoms with Gasteiger partial charge in [0.15, 0.2) is 0 Å². The Balaban J connectivity index is 4.26. The van der Waals surface area contributed by atoms with Crippen molar-refractivity contribution < 1.29 is 5.11 Å². The van der Waals surface area contributed by atoms with E-state index in [0.717, 1.165) is 5.57 Å². The zero-order valence-corrected chi connectivity index (χ0v) is 6.33. The van der Waals surface area contributed by atoms with E-state index in [9.17, 15) is 0 Å². The van der Waals surface area contributed by atoms with Gasteiger partial charge in [-0.3, -0.25) is 0 Å². The van der Waals surface area contributed by atoms with Crippen LogP contribution in [0.4, 0.5) is 0 Å². The molecule has 0 fully saturated rings. The van der Waals surface area contributed by atoms with E-state index in [-0.39, 0.29) is 0 Å². The Kier molecular flexibility index (Phi) is 4.36. The second kappa shape index (κ2) is 4.84. The molecule has 0 aromatic heterocycles. The Hall–Kier alpha value is -1.00. The lowest BCUT2D eigenvalue weighted by Gasteiger charge is -2.01. The first-order valence-corrected chi connectivity index (χ1v) is 3.19. The third-order valence-electron chi connectivity index (χ3n) is 1.17. The van der Waals surface area contributed by atoms with Crippen LogP contribution in [0, 0.1) is 12.3 Å². The van der Waals surface area contributed by atoms with Crippen LogP contribution in [0.3, 0.4) is 0 Å². The summed E-state index contributed by atoms with van der Waals surface area (Å²) in [6.07, 6.45) is 9.68. The molecule has 0 saturated heterocycles. The molecule has 0 heterocycles. The number of aliphatic hydroxyl groups excluding tert-OH is 1. The molecular weight excluding hydrogens is 124 g/mol. The molecule has 0 aliphatic carbocycles. The summed E-state index contributed by atoms with van der Waals surface area (Å²) in [5, 5.41) is 9.09. The van der Waals surface area contributed by atoms with Gasteiger partial charge in [-0.25, -0.2) is 0 Å². The summed E-state index contributed by atoms with van der Waals surface area (Å²) in [4.78, 5) is 0. The Bertz CT molecular complexity index is 181. The van der Waals surface area contributed by atoms with Crippen molar-refractivity contribution in [3.05, 3.63) is 23.8 Å². The summed E-state index contributed by atoms with van der Waals surface area (Å²) in [5.74, 6) is 2.24. The summed E-state index contributed by atoms with van der Waals surface area (Å²) in [5.41, 5.74) is 0.769. The maximum atomic E-state index is 9.09. The molecule has 54 valence electrons. The monoisotopic (exact) mass is 136 g/mol. The summed E-state index contributed by atoms with van der Waals surface area (Å²) in [6, 6.07) is 0. The van der Waals surface area contributed by atoms with E-state index in [1.165, 1.54) is 0 Å². The quantitative estimate of drug-likeness (QED) is 0.450. The highest BCUT2D eigenvalue weighted by atomic mass is 16.3. The Morgan fingerprint density at radius 1 is 1.60 bits per heavy atom. The van der Waals surface area contributed by atoms with Gasteiger partial charge in [-0.05, 0) is 19.4 Å². The summed E-state index contributed by atoms with van der Waals surface area (Å²) in [7, 11) is 0. The number of hydrogen-bond donors (Lipinski definition) is 1. The van der Waals surface area contributed by atoms with Gasteiger partial charge in [-0.1, -0.05) is 24.1 Å². The lowest BCUT2D eigenvalue weighted by Crippen LogP contribution is -2.04. The fourth-order valence-corrected chi connectivity index (χ4v) is 0.634. The van der Waals surface area contributed by atoms with E-state index in [1.807, 2.05) is 19.9 Å². The van der Waals surface area contributed by atoms with Crippen molar-refractivity contribution >= 4 is 0 Å². The van der Waals surface area contributed by atoms with Crippen LogP contribution in [0.15, 0.2) is 23.8 Å². The van der Waals surface area contributed by atoms with Crippen molar-refractivity contribution in [1.29, 1.82) is 0 Å². The molecule has 1 unspecified atom stereocenters. The van der Waals surface area contributed by atoms with Gasteiger partial charge in [0.25, 0.3) is 0 Å². The molecule has 0 rings (SSSR count). The average molecular weight is 136 g/mol. The van der Waals surface area contributed by atoms with Gasteiger partial charge in [-0.15, -0.1) is 6.42 Å². The standard InChI is InChI=1S/C9H12O/c1-4-7-8(5-2)9(10)6-3/h3-5,7,9-10H,1-2H3/b7-4-,8-5+. The first-order chi connectivity index (χ1) is 4.76. The van der Waals surface area contributed by atoms with Crippen molar-refractivity contribution in [2.45, 2.75) is 20.0 Å². The third kappa shape index (κ3) is 2.52. The molecule has 10 heavy (non-hydrogen) atoms. The van der Waals surface area contributed by atoms with Gasteiger partial charge < -0.3 is 5.11 Å². The number of aliphatic hydroxyl groups is 1. The fraction of sp³-hybridized carbons (Fsp3) is 0.333. The first-order valence-electron chi connectivity index (χ1n) is 3.19. The van der Waals surface area contributed by atoms with Crippen molar-refractivity contribution in [3.8, 4) is 12.3 Å². The van der Waals surface area contributed by atoms with E-state index in [0.29, 0.717) is 0 Å². The number of hydrogen-bond acceptors (Lipinski definition) is 1. The van der Waals surface area contributed by atoms with Gasteiger partial charge in [0.1, 0.15) is 6.10 Å². The van der Waals surface area contributed by atoms with Gasteiger partial charge in [0.05, 0.1) is 0 Å². The van der Waals surface area contributed by atoms with Gasteiger partial charge in [0.2, 0.25) is 0 Å². The van der Waals surface area contributed by atoms with Crippen LogP contribution in [0.1, 0.15) is 13.8 Å². The average Bonchev–Trinajstić information content (AvgIpc) is 1.99. The molecule has 0 aromatic rings. The molecule has 0 aliphatic heterocycles. The second-order valence-electron chi connectivity index (χ2n) is 1.86. The summed E-state index contributed by atoms with van der Waals surface area (Å²) in [6.45, 7) is 3.72. The molecule has 0 radical (unpaired) electrons. The van der Waals surface area contributed by atoms with Gasteiger partial charge >= 0.3 is 0 Å². The highest BCUT2D eigenvalue weighted by Gasteiger charge is 1.99. The maximum absolute atomic E-state index is 9.09. The van der Waals surface area contributed by atoms with Crippen LogP contribution in [0.5, 0.6) is 0 Å². The van der Waals surface area contributed by atoms with Crippen LogP contribution in [-0.4, -0.2) is 11.2 Å². The molecule has 1 N–H and O–H groups in total.